The summed E-state index contributed by atoms with van der Waals surface area (Å²) in [5, 5.41) is 0.671. The summed E-state index contributed by atoms with van der Waals surface area (Å²) >= 11 is 5.98. The van der Waals surface area contributed by atoms with Crippen molar-refractivity contribution in [1.82, 2.24) is 4.90 Å². The van der Waals surface area contributed by atoms with Gasteiger partial charge in [0.25, 0.3) is 0 Å². The number of carbonyl (C=O) groups excluding carboxylic acids is 1. The maximum absolute atomic E-state index is 13.2. The van der Waals surface area contributed by atoms with Crippen LogP contribution in [0.5, 0.6) is 11.5 Å². The number of carbonyl (C=O) groups is 1. The van der Waals surface area contributed by atoms with Crippen LogP contribution in [-0.2, 0) is 23.2 Å². The number of ether oxygens (including phenoxy) is 2. The molecule has 2 aromatic rings. The first-order valence-corrected chi connectivity index (χ1v) is 9.04. The first kappa shape index (κ1) is 18.6. The van der Waals surface area contributed by atoms with E-state index in [0.29, 0.717) is 23.9 Å². The van der Waals surface area contributed by atoms with Crippen LogP contribution < -0.4 is 9.47 Å². The number of hydrogen-bond donors (Lipinski definition) is 0. The van der Waals surface area contributed by atoms with Crippen molar-refractivity contribution in [2.45, 2.75) is 32.2 Å². The first-order valence-electron chi connectivity index (χ1n) is 8.66. The molecule has 2 aromatic carbocycles. The van der Waals surface area contributed by atoms with E-state index in [1.165, 1.54) is 5.56 Å². The molecule has 0 spiro atoms. The molecule has 1 aliphatic rings. The van der Waals surface area contributed by atoms with Crippen molar-refractivity contribution >= 4 is 17.5 Å². The lowest BCUT2D eigenvalue weighted by atomic mass is 9.82. The summed E-state index contributed by atoms with van der Waals surface area (Å²) in [6.07, 6.45) is 0.804. The Hall–Kier alpha value is -2.20. The lowest BCUT2D eigenvalue weighted by Gasteiger charge is -2.36. The van der Waals surface area contributed by atoms with Crippen LogP contribution in [0, 0.1) is 0 Å². The van der Waals surface area contributed by atoms with Gasteiger partial charge in [0.05, 0.1) is 19.6 Å². The van der Waals surface area contributed by atoms with Gasteiger partial charge >= 0.3 is 0 Å². The van der Waals surface area contributed by atoms with Crippen molar-refractivity contribution in [3.63, 3.8) is 0 Å². The van der Waals surface area contributed by atoms with Crippen LogP contribution in [0.1, 0.15) is 30.5 Å². The first-order chi connectivity index (χ1) is 12.4. The molecule has 26 heavy (non-hydrogen) atoms. The highest BCUT2D eigenvalue weighted by Crippen LogP contribution is 2.35. The van der Waals surface area contributed by atoms with Gasteiger partial charge in [-0.05, 0) is 61.2 Å². The predicted molar refractivity (Wildman–Crippen MR) is 103 cm³/mol. The average molecular weight is 374 g/mol. The van der Waals surface area contributed by atoms with E-state index in [1.54, 1.807) is 14.2 Å². The third-order valence-corrected chi connectivity index (χ3v) is 5.36. The summed E-state index contributed by atoms with van der Waals surface area (Å²) < 4.78 is 10.8. The molecule has 0 radical (unpaired) electrons. The Morgan fingerprint density at radius 2 is 1.62 bits per heavy atom. The third-order valence-electron chi connectivity index (χ3n) is 5.11. The minimum Gasteiger partial charge on any atom is -0.493 e. The Kier molecular flexibility index (Phi) is 5.15. The highest BCUT2D eigenvalue weighted by Gasteiger charge is 2.35. The molecule has 1 heterocycles. The zero-order chi connectivity index (χ0) is 18.9. The summed E-state index contributed by atoms with van der Waals surface area (Å²) in [5.74, 6) is 1.53. The van der Waals surface area contributed by atoms with Crippen LogP contribution in [0.15, 0.2) is 36.4 Å². The molecule has 0 fully saturated rings. The van der Waals surface area contributed by atoms with Gasteiger partial charge < -0.3 is 14.4 Å². The van der Waals surface area contributed by atoms with Crippen molar-refractivity contribution < 1.29 is 14.3 Å². The van der Waals surface area contributed by atoms with E-state index in [2.05, 4.69) is 0 Å². The Morgan fingerprint density at radius 1 is 1.04 bits per heavy atom. The van der Waals surface area contributed by atoms with E-state index in [-0.39, 0.29) is 5.91 Å². The van der Waals surface area contributed by atoms with Gasteiger partial charge in [-0.2, -0.15) is 0 Å². The van der Waals surface area contributed by atoms with Gasteiger partial charge in [-0.3, -0.25) is 4.79 Å². The lowest BCUT2D eigenvalue weighted by molar-refractivity contribution is -0.137. The minimum absolute atomic E-state index is 0.111. The number of hydrogen-bond acceptors (Lipinski definition) is 3. The van der Waals surface area contributed by atoms with Crippen LogP contribution >= 0.6 is 11.6 Å². The molecule has 138 valence electrons. The molecule has 3 rings (SSSR count). The average Bonchev–Trinajstić information content (AvgIpc) is 2.66. The van der Waals surface area contributed by atoms with E-state index in [1.807, 2.05) is 55.1 Å². The van der Waals surface area contributed by atoms with Crippen molar-refractivity contribution in [1.29, 1.82) is 0 Å². The van der Waals surface area contributed by atoms with Gasteiger partial charge in [0.1, 0.15) is 0 Å². The van der Waals surface area contributed by atoms with Crippen molar-refractivity contribution in [3.8, 4) is 11.5 Å². The lowest BCUT2D eigenvalue weighted by Crippen LogP contribution is -2.45. The van der Waals surface area contributed by atoms with Crippen LogP contribution in [0.3, 0.4) is 0 Å². The highest BCUT2D eigenvalue weighted by atomic mass is 35.5. The van der Waals surface area contributed by atoms with Gasteiger partial charge in [-0.1, -0.05) is 23.7 Å². The second-order valence-electron chi connectivity index (χ2n) is 7.08. The SMILES string of the molecule is COc1cc2c(cc1OC)CN(C(=O)C(C)(C)c1ccc(Cl)cc1)CC2. The highest BCUT2D eigenvalue weighted by molar-refractivity contribution is 6.30. The Bertz CT molecular complexity index is 815. The molecule has 1 aliphatic heterocycles. The molecule has 0 N–H and O–H groups in total. The third kappa shape index (κ3) is 3.38. The Balaban J connectivity index is 1.85. The van der Waals surface area contributed by atoms with Crippen LogP contribution in [-0.4, -0.2) is 31.6 Å². The van der Waals surface area contributed by atoms with Crippen molar-refractivity contribution in [2.75, 3.05) is 20.8 Å². The summed E-state index contributed by atoms with van der Waals surface area (Å²) in [7, 11) is 3.26. The molecule has 0 aromatic heterocycles. The zero-order valence-electron chi connectivity index (χ0n) is 15.6. The van der Waals surface area contributed by atoms with Gasteiger partial charge in [0, 0.05) is 18.1 Å². The molecule has 0 unspecified atom stereocenters. The number of rotatable bonds is 4. The number of fused-ring (bicyclic) bond motifs is 1. The quantitative estimate of drug-likeness (QED) is 0.805. The molecular formula is C21H24ClNO3. The molecular weight excluding hydrogens is 350 g/mol. The zero-order valence-corrected chi connectivity index (χ0v) is 16.4. The fraction of sp³-hybridized carbons (Fsp3) is 0.381. The van der Waals surface area contributed by atoms with Crippen molar-refractivity contribution in [3.05, 3.63) is 58.1 Å². The number of nitrogens with zero attached hydrogens (tertiary/aromatic N) is 1. The van der Waals surface area contributed by atoms with E-state index < -0.39 is 5.41 Å². The fourth-order valence-electron chi connectivity index (χ4n) is 3.44. The number of halogens is 1. The maximum atomic E-state index is 13.2. The monoisotopic (exact) mass is 373 g/mol. The van der Waals surface area contributed by atoms with Gasteiger partial charge in [-0.25, -0.2) is 0 Å². The number of benzene rings is 2. The second kappa shape index (κ2) is 7.20. The summed E-state index contributed by atoms with van der Waals surface area (Å²) in [5.41, 5.74) is 2.66. The molecule has 0 saturated heterocycles. The van der Waals surface area contributed by atoms with E-state index in [4.69, 9.17) is 21.1 Å². The van der Waals surface area contributed by atoms with Crippen LogP contribution in [0.25, 0.3) is 0 Å². The Labute approximate surface area is 159 Å². The van der Waals surface area contributed by atoms with Crippen LogP contribution in [0.4, 0.5) is 0 Å². The van der Waals surface area contributed by atoms with E-state index in [0.717, 1.165) is 23.3 Å². The Morgan fingerprint density at radius 3 is 2.19 bits per heavy atom. The largest absolute Gasteiger partial charge is 0.493 e. The summed E-state index contributed by atoms with van der Waals surface area (Å²) in [6.45, 7) is 5.19. The van der Waals surface area contributed by atoms with E-state index in [9.17, 15) is 4.79 Å². The molecule has 0 saturated carbocycles. The maximum Gasteiger partial charge on any atom is 0.232 e. The fourth-order valence-corrected chi connectivity index (χ4v) is 3.57. The summed E-state index contributed by atoms with van der Waals surface area (Å²) in [4.78, 5) is 15.1. The molecule has 1 amide bonds. The standard InChI is InChI=1S/C21H24ClNO3/c1-21(2,16-5-7-17(22)8-6-16)20(24)23-10-9-14-11-18(25-3)19(26-4)12-15(14)13-23/h5-8,11-12H,9-10,13H2,1-4H3. The summed E-state index contributed by atoms with van der Waals surface area (Å²) in [6, 6.07) is 11.5. The number of amides is 1. The second-order valence-corrected chi connectivity index (χ2v) is 7.52. The molecule has 4 nitrogen and oxygen atoms in total. The van der Waals surface area contributed by atoms with E-state index >= 15 is 0 Å². The smallest absolute Gasteiger partial charge is 0.232 e. The minimum atomic E-state index is -0.612. The molecule has 0 atom stereocenters. The van der Waals surface area contributed by atoms with Gasteiger partial charge in [-0.15, -0.1) is 0 Å². The number of methoxy groups -OCH3 is 2. The van der Waals surface area contributed by atoms with Gasteiger partial charge in [0.15, 0.2) is 11.5 Å². The topological polar surface area (TPSA) is 38.8 Å². The van der Waals surface area contributed by atoms with Crippen LogP contribution in [0.2, 0.25) is 5.02 Å². The molecule has 5 heteroatoms. The van der Waals surface area contributed by atoms with Crippen molar-refractivity contribution in [2.24, 2.45) is 0 Å². The normalized spacial score (nSPS) is 14.0. The molecule has 0 aliphatic carbocycles. The predicted octanol–water partition coefficient (Wildman–Crippen LogP) is 4.22. The van der Waals surface area contributed by atoms with Gasteiger partial charge in [0.2, 0.25) is 5.91 Å². The molecule has 0 bridgehead atoms.